The third kappa shape index (κ3) is 4.42. The fourth-order valence-corrected chi connectivity index (χ4v) is 0.929. The van der Waals surface area contributed by atoms with Crippen LogP contribution in [0.2, 0.25) is 0 Å². The van der Waals surface area contributed by atoms with Gasteiger partial charge in [-0.15, -0.1) is 0 Å². The second-order valence-electron chi connectivity index (χ2n) is 2.68. The van der Waals surface area contributed by atoms with Gasteiger partial charge in [-0.05, 0) is 11.6 Å². The molecule has 14 heavy (non-hydrogen) atoms. The first-order valence-electron chi connectivity index (χ1n) is 4.52. The SMILES string of the molecule is OCCN/N=C/C=C/c1ccccc1. The maximum atomic E-state index is 8.45. The second kappa shape index (κ2) is 6.86. The number of benzene rings is 1. The lowest BCUT2D eigenvalue weighted by molar-refractivity contribution is 0.294. The maximum Gasteiger partial charge on any atom is 0.0620 e. The van der Waals surface area contributed by atoms with Gasteiger partial charge in [-0.25, -0.2) is 0 Å². The molecule has 0 amide bonds. The van der Waals surface area contributed by atoms with E-state index in [0.29, 0.717) is 6.54 Å². The third-order valence-electron chi connectivity index (χ3n) is 1.56. The van der Waals surface area contributed by atoms with Gasteiger partial charge in [0.1, 0.15) is 0 Å². The van der Waals surface area contributed by atoms with Crippen molar-refractivity contribution in [2.75, 3.05) is 13.2 Å². The van der Waals surface area contributed by atoms with Crippen LogP contribution in [0, 0.1) is 0 Å². The first kappa shape index (κ1) is 10.5. The number of aliphatic hydroxyl groups excluding tert-OH is 1. The Balaban J connectivity index is 2.31. The summed E-state index contributed by atoms with van der Waals surface area (Å²) < 4.78 is 0. The Morgan fingerprint density at radius 1 is 1.29 bits per heavy atom. The van der Waals surface area contributed by atoms with E-state index in [9.17, 15) is 0 Å². The van der Waals surface area contributed by atoms with Gasteiger partial charge in [0.2, 0.25) is 0 Å². The molecule has 0 saturated heterocycles. The highest BCUT2D eigenvalue weighted by Gasteiger charge is 1.79. The molecule has 3 nitrogen and oxygen atoms in total. The number of hydrazone groups is 1. The average Bonchev–Trinajstić information content (AvgIpc) is 2.25. The van der Waals surface area contributed by atoms with Crippen LogP contribution in [0.1, 0.15) is 5.56 Å². The highest BCUT2D eigenvalue weighted by atomic mass is 16.3. The lowest BCUT2D eigenvalue weighted by Crippen LogP contribution is -2.10. The highest BCUT2D eigenvalue weighted by Crippen LogP contribution is 1.99. The van der Waals surface area contributed by atoms with Crippen LogP contribution >= 0.6 is 0 Å². The van der Waals surface area contributed by atoms with Crippen molar-refractivity contribution in [3.63, 3.8) is 0 Å². The van der Waals surface area contributed by atoms with Gasteiger partial charge in [-0.1, -0.05) is 36.4 Å². The fraction of sp³-hybridized carbons (Fsp3) is 0.182. The van der Waals surface area contributed by atoms with Crippen molar-refractivity contribution in [1.82, 2.24) is 5.43 Å². The molecule has 0 aliphatic heterocycles. The third-order valence-corrected chi connectivity index (χ3v) is 1.56. The summed E-state index contributed by atoms with van der Waals surface area (Å²) in [6, 6.07) is 9.99. The van der Waals surface area contributed by atoms with E-state index in [1.54, 1.807) is 6.21 Å². The first-order valence-corrected chi connectivity index (χ1v) is 4.52. The summed E-state index contributed by atoms with van der Waals surface area (Å²) in [6.45, 7) is 0.579. The normalized spacial score (nSPS) is 11.2. The van der Waals surface area contributed by atoms with Crippen molar-refractivity contribution in [3.05, 3.63) is 42.0 Å². The molecule has 2 N–H and O–H groups in total. The Morgan fingerprint density at radius 2 is 2.07 bits per heavy atom. The molecule has 0 aliphatic rings. The largest absolute Gasteiger partial charge is 0.394 e. The fourth-order valence-electron chi connectivity index (χ4n) is 0.929. The number of nitrogens with zero attached hydrogens (tertiary/aromatic N) is 1. The van der Waals surface area contributed by atoms with E-state index in [4.69, 9.17) is 5.11 Å². The molecule has 0 atom stereocenters. The molecule has 0 aliphatic carbocycles. The molecule has 0 aromatic heterocycles. The van der Waals surface area contributed by atoms with Gasteiger partial charge < -0.3 is 10.5 Å². The van der Waals surface area contributed by atoms with Crippen LogP contribution in [0.25, 0.3) is 6.08 Å². The second-order valence-corrected chi connectivity index (χ2v) is 2.68. The molecule has 1 rings (SSSR count). The number of nitrogens with one attached hydrogen (secondary N) is 1. The van der Waals surface area contributed by atoms with Gasteiger partial charge >= 0.3 is 0 Å². The summed E-state index contributed by atoms with van der Waals surface area (Å²) in [4.78, 5) is 0. The number of aliphatic hydroxyl groups is 1. The summed E-state index contributed by atoms with van der Waals surface area (Å²) in [5.41, 5.74) is 3.83. The lowest BCUT2D eigenvalue weighted by Gasteiger charge is -1.92. The van der Waals surface area contributed by atoms with Gasteiger partial charge in [0, 0.05) is 6.21 Å². The summed E-state index contributed by atoms with van der Waals surface area (Å²) in [7, 11) is 0. The molecular weight excluding hydrogens is 176 g/mol. The van der Waals surface area contributed by atoms with Crippen LogP contribution in [0.4, 0.5) is 0 Å². The van der Waals surface area contributed by atoms with Crippen LogP contribution in [-0.2, 0) is 0 Å². The standard InChI is InChI=1S/C11H14N2O/c14-10-9-13-12-8-4-7-11-5-2-1-3-6-11/h1-8,13-14H,9-10H2/b7-4+,12-8+. The molecular formula is C11H14N2O. The van der Waals surface area contributed by atoms with Crippen molar-refractivity contribution in [2.45, 2.75) is 0 Å². The quantitative estimate of drug-likeness (QED) is 0.417. The zero-order chi connectivity index (χ0) is 10.1. The lowest BCUT2D eigenvalue weighted by atomic mass is 10.2. The van der Waals surface area contributed by atoms with Gasteiger partial charge in [-0.2, -0.15) is 5.10 Å². The molecule has 0 saturated carbocycles. The van der Waals surface area contributed by atoms with Crippen LogP contribution < -0.4 is 5.43 Å². The minimum absolute atomic E-state index is 0.0970. The van der Waals surface area contributed by atoms with Gasteiger partial charge in [0.25, 0.3) is 0 Å². The first-order chi connectivity index (χ1) is 6.93. The predicted octanol–water partition coefficient (Wildman–Crippen LogP) is 1.27. The molecule has 0 radical (unpaired) electrons. The number of rotatable bonds is 5. The van der Waals surface area contributed by atoms with Crippen molar-refractivity contribution >= 4 is 12.3 Å². The smallest absolute Gasteiger partial charge is 0.0620 e. The van der Waals surface area contributed by atoms with Gasteiger partial charge in [0.05, 0.1) is 13.2 Å². The van der Waals surface area contributed by atoms with Crippen molar-refractivity contribution in [2.24, 2.45) is 5.10 Å². The molecule has 0 spiro atoms. The predicted molar refractivity (Wildman–Crippen MR) is 59.1 cm³/mol. The molecule has 1 aromatic rings. The van der Waals surface area contributed by atoms with E-state index >= 15 is 0 Å². The van der Waals surface area contributed by atoms with Crippen LogP contribution in [0.3, 0.4) is 0 Å². The molecule has 0 bridgehead atoms. The number of hydrogen-bond donors (Lipinski definition) is 2. The molecule has 0 fully saturated rings. The zero-order valence-corrected chi connectivity index (χ0v) is 7.93. The van der Waals surface area contributed by atoms with Crippen molar-refractivity contribution in [3.8, 4) is 0 Å². The van der Waals surface area contributed by atoms with E-state index in [0.717, 1.165) is 5.56 Å². The summed E-state index contributed by atoms with van der Waals surface area (Å²) in [5, 5.41) is 12.3. The number of allylic oxidation sites excluding steroid dienone is 1. The molecule has 3 heteroatoms. The van der Waals surface area contributed by atoms with Gasteiger partial charge in [0.15, 0.2) is 0 Å². The van der Waals surface area contributed by atoms with E-state index in [1.165, 1.54) is 0 Å². The van der Waals surface area contributed by atoms with E-state index in [1.807, 2.05) is 42.5 Å². The molecule has 1 aromatic carbocycles. The van der Waals surface area contributed by atoms with Crippen LogP contribution in [-0.4, -0.2) is 24.5 Å². The molecule has 0 heterocycles. The Kier molecular flexibility index (Phi) is 5.13. The van der Waals surface area contributed by atoms with E-state index < -0.39 is 0 Å². The Morgan fingerprint density at radius 3 is 2.79 bits per heavy atom. The summed E-state index contributed by atoms with van der Waals surface area (Å²) in [6.07, 6.45) is 5.46. The van der Waals surface area contributed by atoms with Crippen molar-refractivity contribution < 1.29 is 5.11 Å². The minimum Gasteiger partial charge on any atom is -0.394 e. The Hall–Kier alpha value is -1.61. The van der Waals surface area contributed by atoms with Gasteiger partial charge in [-0.3, -0.25) is 0 Å². The van der Waals surface area contributed by atoms with E-state index in [2.05, 4.69) is 10.5 Å². The molecule has 0 unspecified atom stereocenters. The topological polar surface area (TPSA) is 44.6 Å². The van der Waals surface area contributed by atoms with E-state index in [-0.39, 0.29) is 6.61 Å². The Bertz CT molecular complexity index is 293. The number of hydrogen-bond acceptors (Lipinski definition) is 3. The average molecular weight is 190 g/mol. The van der Waals surface area contributed by atoms with Crippen molar-refractivity contribution in [1.29, 1.82) is 0 Å². The minimum atomic E-state index is 0.0970. The monoisotopic (exact) mass is 190 g/mol. The summed E-state index contributed by atoms with van der Waals surface area (Å²) >= 11 is 0. The molecule has 74 valence electrons. The Labute approximate surface area is 83.8 Å². The summed E-state index contributed by atoms with van der Waals surface area (Å²) in [5.74, 6) is 0. The maximum absolute atomic E-state index is 8.45. The van der Waals surface area contributed by atoms with Crippen LogP contribution in [0.15, 0.2) is 41.5 Å². The van der Waals surface area contributed by atoms with Crippen LogP contribution in [0.5, 0.6) is 0 Å². The highest BCUT2D eigenvalue weighted by molar-refractivity contribution is 5.77. The zero-order valence-electron chi connectivity index (χ0n) is 7.93.